The van der Waals surface area contributed by atoms with Gasteiger partial charge < -0.3 is 15.1 Å². The van der Waals surface area contributed by atoms with Crippen LogP contribution in [-0.4, -0.2) is 57.1 Å². The number of rotatable bonds is 4. The average molecular weight is 470 g/mol. The number of benzene rings is 2. The molecule has 2 amide bonds. The zero-order chi connectivity index (χ0) is 24.5. The minimum Gasteiger partial charge on any atom is -0.350 e. The Morgan fingerprint density at radius 3 is 2.26 bits per heavy atom. The highest BCUT2D eigenvalue weighted by Crippen LogP contribution is 2.30. The van der Waals surface area contributed by atoms with E-state index in [4.69, 9.17) is 5.10 Å². The van der Waals surface area contributed by atoms with Crippen molar-refractivity contribution < 1.29 is 4.79 Å². The predicted molar refractivity (Wildman–Crippen MR) is 139 cm³/mol. The van der Waals surface area contributed by atoms with E-state index in [9.17, 15) is 4.79 Å². The molecule has 180 valence electrons. The lowest BCUT2D eigenvalue weighted by molar-refractivity contribution is 0.208. The lowest BCUT2D eigenvalue weighted by Gasteiger charge is -2.35. The number of fused-ring (bicyclic) bond motifs is 1. The summed E-state index contributed by atoms with van der Waals surface area (Å²) in [5, 5.41) is 18.0. The van der Waals surface area contributed by atoms with Gasteiger partial charge in [-0.1, -0.05) is 36.8 Å². The summed E-state index contributed by atoms with van der Waals surface area (Å²) in [5.74, 6) is 0.773. The highest BCUT2D eigenvalue weighted by Gasteiger charge is 2.26. The number of aryl methyl sites for hydroxylation is 4. The lowest BCUT2D eigenvalue weighted by atomic mass is 10.1. The molecule has 2 aromatic carbocycles. The molecule has 0 aliphatic carbocycles. The molecule has 8 nitrogen and oxygen atoms in total. The fraction of sp³-hybridized carbons (Fsp3) is 0.333. The minimum atomic E-state index is -0.0754. The molecule has 1 aliphatic heterocycles. The monoisotopic (exact) mass is 469 g/mol. The van der Waals surface area contributed by atoms with E-state index in [0.717, 1.165) is 45.9 Å². The van der Waals surface area contributed by atoms with Gasteiger partial charge >= 0.3 is 6.03 Å². The zero-order valence-corrected chi connectivity index (χ0v) is 20.7. The largest absolute Gasteiger partial charge is 0.350 e. The molecular formula is C27H31N7O. The standard InChI is InChI=1S/C27H31N7O/c1-5-21-8-10-22(11-9-21)28-27(35)33-16-14-32(15-17-33)26-25-24(19(3)29-30-26)20(4)34(31-25)23-12-6-18(2)7-13-23/h6-13H,5,14-17H2,1-4H3,(H,28,35). The number of hydrogen-bond acceptors (Lipinski definition) is 5. The highest BCUT2D eigenvalue weighted by molar-refractivity contribution is 5.93. The van der Waals surface area contributed by atoms with Crippen molar-refractivity contribution in [2.24, 2.45) is 0 Å². The molecule has 1 N–H and O–H groups in total. The Hall–Kier alpha value is -3.94. The van der Waals surface area contributed by atoms with E-state index >= 15 is 0 Å². The number of piperazine rings is 1. The van der Waals surface area contributed by atoms with E-state index < -0.39 is 0 Å². The van der Waals surface area contributed by atoms with Crippen molar-refractivity contribution in [3.05, 3.63) is 71.0 Å². The van der Waals surface area contributed by atoms with Crippen molar-refractivity contribution in [3.8, 4) is 5.69 Å². The summed E-state index contributed by atoms with van der Waals surface area (Å²) >= 11 is 0. The van der Waals surface area contributed by atoms with Gasteiger partial charge in [-0.25, -0.2) is 9.48 Å². The molecule has 5 rings (SSSR count). The first-order valence-corrected chi connectivity index (χ1v) is 12.1. The van der Waals surface area contributed by atoms with Crippen molar-refractivity contribution in [1.29, 1.82) is 0 Å². The number of amides is 2. The quantitative estimate of drug-likeness (QED) is 0.470. The molecule has 0 unspecified atom stereocenters. The van der Waals surface area contributed by atoms with Crippen LogP contribution in [0.2, 0.25) is 0 Å². The number of aromatic nitrogens is 4. The maximum Gasteiger partial charge on any atom is 0.321 e. The summed E-state index contributed by atoms with van der Waals surface area (Å²) < 4.78 is 1.97. The van der Waals surface area contributed by atoms with Crippen LogP contribution in [0.3, 0.4) is 0 Å². The van der Waals surface area contributed by atoms with Crippen LogP contribution in [0, 0.1) is 20.8 Å². The summed E-state index contributed by atoms with van der Waals surface area (Å²) in [7, 11) is 0. The first kappa shape index (κ1) is 22.8. The topological polar surface area (TPSA) is 79.2 Å². The average Bonchev–Trinajstić information content (AvgIpc) is 3.23. The van der Waals surface area contributed by atoms with Crippen LogP contribution in [0.15, 0.2) is 48.5 Å². The summed E-state index contributed by atoms with van der Waals surface area (Å²) in [6, 6.07) is 16.3. The first-order valence-electron chi connectivity index (χ1n) is 12.1. The Bertz CT molecular complexity index is 1350. The van der Waals surface area contributed by atoms with Crippen LogP contribution in [-0.2, 0) is 6.42 Å². The van der Waals surface area contributed by atoms with E-state index in [1.165, 1.54) is 11.1 Å². The summed E-state index contributed by atoms with van der Waals surface area (Å²) in [6.07, 6.45) is 0.980. The van der Waals surface area contributed by atoms with E-state index in [2.05, 4.69) is 65.5 Å². The van der Waals surface area contributed by atoms with Gasteiger partial charge in [0.2, 0.25) is 0 Å². The molecule has 3 heterocycles. The van der Waals surface area contributed by atoms with Gasteiger partial charge in [-0.2, -0.15) is 10.2 Å². The van der Waals surface area contributed by atoms with Crippen molar-refractivity contribution in [1.82, 2.24) is 24.9 Å². The number of carbonyl (C=O) groups excluding carboxylic acids is 1. The van der Waals surface area contributed by atoms with Crippen molar-refractivity contribution in [2.45, 2.75) is 34.1 Å². The van der Waals surface area contributed by atoms with E-state index in [0.29, 0.717) is 26.2 Å². The van der Waals surface area contributed by atoms with Crippen LogP contribution >= 0.6 is 0 Å². The summed E-state index contributed by atoms with van der Waals surface area (Å²) in [4.78, 5) is 16.8. The number of carbonyl (C=O) groups is 1. The number of hydrogen-bond donors (Lipinski definition) is 1. The molecule has 1 saturated heterocycles. The van der Waals surface area contributed by atoms with Crippen molar-refractivity contribution in [2.75, 3.05) is 36.4 Å². The van der Waals surface area contributed by atoms with E-state index in [1.54, 1.807) is 0 Å². The second-order valence-electron chi connectivity index (χ2n) is 9.12. The molecule has 1 fully saturated rings. The maximum absolute atomic E-state index is 12.8. The molecule has 35 heavy (non-hydrogen) atoms. The van der Waals surface area contributed by atoms with Gasteiger partial charge in [0.1, 0.15) is 5.52 Å². The summed E-state index contributed by atoms with van der Waals surface area (Å²) in [5.41, 5.74) is 7.06. The Morgan fingerprint density at radius 1 is 0.914 bits per heavy atom. The fourth-order valence-electron chi connectivity index (χ4n) is 4.61. The molecule has 2 aromatic heterocycles. The fourth-order valence-corrected chi connectivity index (χ4v) is 4.61. The highest BCUT2D eigenvalue weighted by atomic mass is 16.2. The van der Waals surface area contributed by atoms with Crippen LogP contribution in [0.5, 0.6) is 0 Å². The molecule has 0 saturated carbocycles. The number of urea groups is 1. The first-order chi connectivity index (χ1) is 16.9. The second kappa shape index (κ2) is 9.37. The number of nitrogens with one attached hydrogen (secondary N) is 1. The maximum atomic E-state index is 12.8. The number of anilines is 2. The molecule has 8 heteroatoms. The van der Waals surface area contributed by atoms with Crippen LogP contribution < -0.4 is 10.2 Å². The third-order valence-electron chi connectivity index (χ3n) is 6.74. The Kier molecular flexibility index (Phi) is 6.11. The molecule has 0 radical (unpaired) electrons. The molecule has 0 atom stereocenters. The third-order valence-corrected chi connectivity index (χ3v) is 6.74. The summed E-state index contributed by atoms with van der Waals surface area (Å²) in [6.45, 7) is 10.8. The van der Waals surface area contributed by atoms with Gasteiger partial charge in [-0.05, 0) is 57.0 Å². The van der Waals surface area contributed by atoms with Crippen LogP contribution in [0.4, 0.5) is 16.3 Å². The third kappa shape index (κ3) is 4.43. The van der Waals surface area contributed by atoms with Crippen LogP contribution in [0.25, 0.3) is 16.6 Å². The molecular weight excluding hydrogens is 438 g/mol. The predicted octanol–water partition coefficient (Wildman–Crippen LogP) is 4.66. The van der Waals surface area contributed by atoms with Crippen molar-refractivity contribution in [3.63, 3.8) is 0 Å². The second-order valence-corrected chi connectivity index (χ2v) is 9.12. The van der Waals surface area contributed by atoms with Crippen LogP contribution in [0.1, 0.15) is 29.4 Å². The van der Waals surface area contributed by atoms with E-state index in [-0.39, 0.29) is 6.03 Å². The number of nitrogens with zero attached hydrogens (tertiary/aromatic N) is 6. The Labute approximate surface area is 205 Å². The Balaban J connectivity index is 1.34. The molecule has 4 aromatic rings. The van der Waals surface area contributed by atoms with Gasteiger partial charge in [0, 0.05) is 31.9 Å². The van der Waals surface area contributed by atoms with E-state index in [1.807, 2.05) is 40.8 Å². The molecule has 0 spiro atoms. The van der Waals surface area contributed by atoms with Crippen molar-refractivity contribution >= 4 is 28.4 Å². The van der Waals surface area contributed by atoms with Gasteiger partial charge in [0.15, 0.2) is 5.82 Å². The minimum absolute atomic E-state index is 0.0754. The van der Waals surface area contributed by atoms with Gasteiger partial charge in [-0.3, -0.25) is 0 Å². The SMILES string of the molecule is CCc1ccc(NC(=O)N2CCN(c3nnc(C)c4c(C)n(-c5ccc(C)cc5)nc34)CC2)cc1. The zero-order valence-electron chi connectivity index (χ0n) is 20.7. The molecule has 0 bridgehead atoms. The lowest BCUT2D eigenvalue weighted by Crippen LogP contribution is -2.50. The normalized spacial score (nSPS) is 13.9. The van der Waals surface area contributed by atoms with Gasteiger partial charge in [-0.15, -0.1) is 5.10 Å². The van der Waals surface area contributed by atoms with Gasteiger partial charge in [0.05, 0.1) is 22.5 Å². The smallest absolute Gasteiger partial charge is 0.321 e. The molecule has 1 aliphatic rings. The van der Waals surface area contributed by atoms with Gasteiger partial charge in [0.25, 0.3) is 0 Å². The Morgan fingerprint density at radius 2 is 1.60 bits per heavy atom.